The van der Waals surface area contributed by atoms with Crippen LogP contribution in [-0.2, 0) is 21.4 Å². The van der Waals surface area contributed by atoms with E-state index in [9.17, 15) is 23.3 Å². The van der Waals surface area contributed by atoms with Gasteiger partial charge in [0, 0.05) is 17.7 Å². The number of benzene rings is 2. The van der Waals surface area contributed by atoms with Crippen molar-refractivity contribution in [3.05, 3.63) is 87.6 Å². The minimum Gasteiger partial charge on any atom is -0.452 e. The van der Waals surface area contributed by atoms with E-state index in [4.69, 9.17) is 9.15 Å². The molecule has 0 amide bonds. The van der Waals surface area contributed by atoms with E-state index in [-0.39, 0.29) is 39.5 Å². The van der Waals surface area contributed by atoms with Crippen molar-refractivity contribution >= 4 is 38.7 Å². The van der Waals surface area contributed by atoms with Gasteiger partial charge >= 0.3 is 5.97 Å². The number of anilines is 1. The number of hydrogen-bond donors (Lipinski definition) is 1. The first-order chi connectivity index (χ1) is 15.8. The molecule has 0 spiro atoms. The van der Waals surface area contributed by atoms with Gasteiger partial charge in [0.2, 0.25) is 5.89 Å². The number of sulfonamides is 1. The van der Waals surface area contributed by atoms with Gasteiger partial charge in [-0.1, -0.05) is 18.2 Å². The molecular formula is C20H14N4O7S2. The summed E-state index contributed by atoms with van der Waals surface area (Å²) in [6, 6.07) is 14.6. The molecular weight excluding hydrogens is 472 g/mol. The van der Waals surface area contributed by atoms with Gasteiger partial charge in [0.05, 0.1) is 16.2 Å². The molecule has 2 aromatic carbocycles. The average Bonchev–Trinajstić information content (AvgIpc) is 3.50. The number of nitrogens with one attached hydrogen (secondary N) is 1. The Morgan fingerprint density at radius 3 is 2.55 bits per heavy atom. The second-order valence-corrected chi connectivity index (χ2v) is 9.32. The highest BCUT2D eigenvalue weighted by Gasteiger charge is 2.21. The number of nitro groups is 1. The summed E-state index contributed by atoms with van der Waals surface area (Å²) in [4.78, 5) is 22.8. The molecule has 0 aliphatic rings. The molecule has 0 aliphatic heterocycles. The van der Waals surface area contributed by atoms with Gasteiger partial charge < -0.3 is 9.15 Å². The number of nitrogens with zero attached hydrogens (tertiary/aromatic N) is 3. The highest BCUT2D eigenvalue weighted by molar-refractivity contribution is 7.94. The van der Waals surface area contributed by atoms with E-state index in [1.54, 1.807) is 23.6 Å². The van der Waals surface area contributed by atoms with Crippen molar-refractivity contribution in [1.82, 2.24) is 10.2 Å². The van der Waals surface area contributed by atoms with Crippen molar-refractivity contribution < 1.29 is 27.3 Å². The largest absolute Gasteiger partial charge is 0.452 e. The number of thiophene rings is 1. The molecule has 168 valence electrons. The number of ether oxygens (including phenoxy) is 1. The summed E-state index contributed by atoms with van der Waals surface area (Å²) in [7, 11) is -3.85. The van der Waals surface area contributed by atoms with Crippen LogP contribution >= 0.6 is 11.3 Å². The van der Waals surface area contributed by atoms with Gasteiger partial charge in [-0.25, -0.2) is 13.2 Å². The van der Waals surface area contributed by atoms with E-state index in [0.717, 1.165) is 11.3 Å². The molecule has 0 saturated heterocycles. The molecule has 1 N–H and O–H groups in total. The van der Waals surface area contributed by atoms with Crippen molar-refractivity contribution in [3.8, 4) is 11.5 Å². The van der Waals surface area contributed by atoms with Crippen LogP contribution in [-0.4, -0.2) is 29.5 Å². The molecule has 0 saturated carbocycles. The van der Waals surface area contributed by atoms with E-state index in [2.05, 4.69) is 14.9 Å². The summed E-state index contributed by atoms with van der Waals surface area (Å²) >= 11 is 1.05. The van der Waals surface area contributed by atoms with Crippen molar-refractivity contribution in [1.29, 1.82) is 0 Å². The van der Waals surface area contributed by atoms with Crippen molar-refractivity contribution in [2.45, 2.75) is 10.8 Å². The Hall–Kier alpha value is -4.10. The van der Waals surface area contributed by atoms with Gasteiger partial charge in [-0.3, -0.25) is 14.8 Å². The third-order valence-electron chi connectivity index (χ3n) is 4.27. The maximum atomic E-state index is 12.6. The summed E-state index contributed by atoms with van der Waals surface area (Å²) in [6.45, 7) is -0.356. The quantitative estimate of drug-likeness (QED) is 0.222. The van der Waals surface area contributed by atoms with Crippen LogP contribution < -0.4 is 4.72 Å². The van der Waals surface area contributed by atoms with E-state index in [0.29, 0.717) is 5.56 Å². The third-order valence-corrected chi connectivity index (χ3v) is 7.03. The van der Waals surface area contributed by atoms with Gasteiger partial charge in [0.15, 0.2) is 6.61 Å². The molecule has 0 fully saturated rings. The summed E-state index contributed by atoms with van der Waals surface area (Å²) < 4.78 is 38.1. The lowest BCUT2D eigenvalue weighted by molar-refractivity contribution is -0.384. The Morgan fingerprint density at radius 1 is 1.09 bits per heavy atom. The zero-order valence-corrected chi connectivity index (χ0v) is 18.2. The number of carbonyl (C=O) groups excluding carboxylic acids is 1. The molecule has 0 unspecified atom stereocenters. The minimum absolute atomic E-state index is 0.00616. The first-order valence-electron chi connectivity index (χ1n) is 9.23. The van der Waals surface area contributed by atoms with Crippen LogP contribution in [0.3, 0.4) is 0 Å². The Bertz CT molecular complexity index is 1400. The fraction of sp³-hybridized carbons (Fsp3) is 0.0500. The number of aromatic nitrogens is 2. The van der Waals surface area contributed by atoms with Crippen LogP contribution in [0.5, 0.6) is 0 Å². The summed E-state index contributed by atoms with van der Waals surface area (Å²) in [6.07, 6.45) is 0. The van der Waals surface area contributed by atoms with E-state index >= 15 is 0 Å². The second-order valence-electron chi connectivity index (χ2n) is 6.46. The monoisotopic (exact) mass is 486 g/mol. The Kier molecular flexibility index (Phi) is 6.15. The van der Waals surface area contributed by atoms with Crippen molar-refractivity contribution in [2.24, 2.45) is 0 Å². The van der Waals surface area contributed by atoms with Crippen LogP contribution in [0.15, 0.2) is 74.7 Å². The van der Waals surface area contributed by atoms with Crippen LogP contribution in [0.1, 0.15) is 16.2 Å². The number of nitro benzene ring substituents is 1. The summed E-state index contributed by atoms with van der Waals surface area (Å²) in [5.41, 5.74) is 0.445. The van der Waals surface area contributed by atoms with Gasteiger partial charge in [0.25, 0.3) is 21.6 Å². The lowest BCUT2D eigenvalue weighted by Crippen LogP contribution is -2.15. The van der Waals surface area contributed by atoms with Gasteiger partial charge in [-0.05, 0) is 35.7 Å². The first kappa shape index (κ1) is 22.1. The fourth-order valence-electron chi connectivity index (χ4n) is 2.72. The zero-order chi connectivity index (χ0) is 23.4. The normalized spacial score (nSPS) is 11.2. The van der Waals surface area contributed by atoms with E-state index < -0.39 is 20.9 Å². The van der Waals surface area contributed by atoms with Crippen LogP contribution in [0.4, 0.5) is 11.4 Å². The Morgan fingerprint density at radius 2 is 1.85 bits per heavy atom. The number of hydrogen-bond acceptors (Lipinski definition) is 10. The predicted octanol–water partition coefficient (Wildman–Crippen LogP) is 3.86. The highest BCUT2D eigenvalue weighted by Crippen LogP contribution is 2.24. The van der Waals surface area contributed by atoms with Crippen LogP contribution in [0.2, 0.25) is 0 Å². The first-order valence-corrected chi connectivity index (χ1v) is 11.6. The van der Waals surface area contributed by atoms with Crippen molar-refractivity contribution in [3.63, 3.8) is 0 Å². The van der Waals surface area contributed by atoms with Gasteiger partial charge in [-0.2, -0.15) is 0 Å². The third kappa shape index (κ3) is 5.05. The summed E-state index contributed by atoms with van der Waals surface area (Å²) in [5, 5.41) is 20.0. The van der Waals surface area contributed by atoms with Crippen LogP contribution in [0.25, 0.3) is 11.5 Å². The molecule has 0 aliphatic carbocycles. The molecule has 11 nitrogen and oxygen atoms in total. The van der Waals surface area contributed by atoms with E-state index in [1.165, 1.54) is 42.5 Å². The average molecular weight is 486 g/mol. The molecule has 4 rings (SSSR count). The SMILES string of the molecule is O=C(OCc1nnc(-c2ccc([N+](=O)[O-])cc2)o1)c1ccccc1NS(=O)(=O)c1cccs1. The molecule has 2 aromatic heterocycles. The lowest BCUT2D eigenvalue weighted by atomic mass is 10.2. The Labute approximate surface area is 190 Å². The molecule has 13 heteroatoms. The zero-order valence-electron chi connectivity index (χ0n) is 16.6. The fourth-order valence-corrected chi connectivity index (χ4v) is 4.79. The number of rotatable bonds is 8. The maximum absolute atomic E-state index is 12.6. The Balaban J connectivity index is 1.44. The molecule has 2 heterocycles. The lowest BCUT2D eigenvalue weighted by Gasteiger charge is -2.11. The number of non-ortho nitro benzene ring substituents is 1. The summed E-state index contributed by atoms with van der Waals surface area (Å²) in [5.74, 6) is -0.706. The number of esters is 1. The second kappa shape index (κ2) is 9.18. The molecule has 33 heavy (non-hydrogen) atoms. The van der Waals surface area contributed by atoms with Gasteiger partial charge in [0.1, 0.15) is 4.21 Å². The minimum atomic E-state index is -3.85. The topological polar surface area (TPSA) is 155 Å². The van der Waals surface area contributed by atoms with Gasteiger partial charge in [-0.15, -0.1) is 21.5 Å². The smallest absolute Gasteiger partial charge is 0.340 e. The highest BCUT2D eigenvalue weighted by atomic mass is 32.2. The van der Waals surface area contributed by atoms with E-state index in [1.807, 2.05) is 0 Å². The molecule has 0 bridgehead atoms. The standard InChI is InChI=1S/C20H14N4O7S2/c25-20(15-4-1-2-5-16(15)23-33(28,29)18-6-3-11-32-18)30-12-17-21-22-19(31-17)13-7-9-14(10-8-13)24(26)27/h1-11,23H,12H2. The predicted molar refractivity (Wildman–Crippen MR) is 117 cm³/mol. The number of carbonyl (C=O) groups is 1. The molecule has 0 radical (unpaired) electrons. The van der Waals surface area contributed by atoms with Crippen LogP contribution in [0, 0.1) is 10.1 Å². The molecule has 4 aromatic rings. The molecule has 0 atom stereocenters. The van der Waals surface area contributed by atoms with Crippen molar-refractivity contribution in [2.75, 3.05) is 4.72 Å². The maximum Gasteiger partial charge on any atom is 0.340 e. The number of para-hydroxylation sites is 1.